The standard InChI is InChI=1S/C12H19NO/c1-4-13-8-12(14)11-7-9(2)5-6-10(11)3/h5-7,12-14H,4,8H2,1-3H3. The fourth-order valence-corrected chi connectivity index (χ4v) is 1.51. The third-order valence-corrected chi connectivity index (χ3v) is 2.38. The van der Waals surface area contributed by atoms with E-state index in [1.807, 2.05) is 20.8 Å². The third kappa shape index (κ3) is 2.82. The summed E-state index contributed by atoms with van der Waals surface area (Å²) in [4.78, 5) is 0. The molecule has 1 atom stereocenters. The molecule has 0 amide bonds. The summed E-state index contributed by atoms with van der Waals surface area (Å²) in [6.07, 6.45) is -0.394. The molecule has 0 saturated carbocycles. The molecule has 2 nitrogen and oxygen atoms in total. The number of nitrogens with one attached hydrogen (secondary N) is 1. The molecule has 1 unspecified atom stereocenters. The Morgan fingerprint density at radius 3 is 2.71 bits per heavy atom. The number of benzene rings is 1. The predicted molar refractivity (Wildman–Crippen MR) is 59.4 cm³/mol. The molecule has 0 bridgehead atoms. The lowest BCUT2D eigenvalue weighted by Crippen LogP contribution is -2.21. The van der Waals surface area contributed by atoms with Gasteiger partial charge in [0, 0.05) is 6.54 Å². The van der Waals surface area contributed by atoms with Crippen molar-refractivity contribution in [2.75, 3.05) is 13.1 Å². The van der Waals surface area contributed by atoms with E-state index >= 15 is 0 Å². The Balaban J connectivity index is 2.77. The molecule has 78 valence electrons. The molecule has 0 saturated heterocycles. The van der Waals surface area contributed by atoms with Crippen LogP contribution in [0.4, 0.5) is 0 Å². The average molecular weight is 193 g/mol. The number of hydrogen-bond acceptors (Lipinski definition) is 2. The van der Waals surface area contributed by atoms with E-state index in [0.29, 0.717) is 6.54 Å². The van der Waals surface area contributed by atoms with Gasteiger partial charge in [-0.15, -0.1) is 0 Å². The Kier molecular flexibility index (Phi) is 4.11. The van der Waals surface area contributed by atoms with Crippen LogP contribution in [0.15, 0.2) is 18.2 Å². The van der Waals surface area contributed by atoms with E-state index in [0.717, 1.165) is 17.7 Å². The van der Waals surface area contributed by atoms with Gasteiger partial charge in [0.05, 0.1) is 6.10 Å². The van der Waals surface area contributed by atoms with Crippen LogP contribution in [0.3, 0.4) is 0 Å². The van der Waals surface area contributed by atoms with Gasteiger partial charge in [-0.2, -0.15) is 0 Å². The van der Waals surface area contributed by atoms with Crippen molar-refractivity contribution in [3.63, 3.8) is 0 Å². The first-order valence-corrected chi connectivity index (χ1v) is 5.11. The Hall–Kier alpha value is -0.860. The summed E-state index contributed by atoms with van der Waals surface area (Å²) in [7, 11) is 0. The molecule has 2 N–H and O–H groups in total. The fraction of sp³-hybridized carbons (Fsp3) is 0.500. The van der Waals surface area contributed by atoms with Gasteiger partial charge in [0.1, 0.15) is 0 Å². The number of aliphatic hydroxyl groups is 1. The first-order valence-electron chi connectivity index (χ1n) is 5.11. The second-order valence-corrected chi connectivity index (χ2v) is 3.68. The zero-order chi connectivity index (χ0) is 10.6. The van der Waals surface area contributed by atoms with Gasteiger partial charge >= 0.3 is 0 Å². The van der Waals surface area contributed by atoms with E-state index in [2.05, 4.69) is 23.5 Å². The summed E-state index contributed by atoms with van der Waals surface area (Å²) >= 11 is 0. The van der Waals surface area contributed by atoms with Gasteiger partial charge in [0.2, 0.25) is 0 Å². The van der Waals surface area contributed by atoms with Gasteiger partial charge in [0.25, 0.3) is 0 Å². The first kappa shape index (κ1) is 11.2. The molecular formula is C12H19NO. The Morgan fingerprint density at radius 2 is 2.07 bits per heavy atom. The monoisotopic (exact) mass is 193 g/mol. The van der Waals surface area contributed by atoms with Crippen LogP contribution in [0.1, 0.15) is 29.7 Å². The van der Waals surface area contributed by atoms with Crippen LogP contribution >= 0.6 is 0 Å². The largest absolute Gasteiger partial charge is 0.387 e. The number of rotatable bonds is 4. The number of aryl methyl sites for hydroxylation is 2. The van der Waals surface area contributed by atoms with Crippen LogP contribution in [-0.2, 0) is 0 Å². The molecule has 2 heteroatoms. The maximum Gasteiger partial charge on any atom is 0.0917 e. The van der Waals surface area contributed by atoms with Crippen molar-refractivity contribution >= 4 is 0 Å². The van der Waals surface area contributed by atoms with E-state index in [4.69, 9.17) is 0 Å². The molecule has 0 aromatic heterocycles. The maximum atomic E-state index is 9.89. The van der Waals surface area contributed by atoms with Gasteiger partial charge in [-0.1, -0.05) is 30.7 Å². The van der Waals surface area contributed by atoms with E-state index in [9.17, 15) is 5.11 Å². The highest BCUT2D eigenvalue weighted by atomic mass is 16.3. The topological polar surface area (TPSA) is 32.3 Å². The van der Waals surface area contributed by atoms with Crippen LogP contribution in [0.5, 0.6) is 0 Å². The van der Waals surface area contributed by atoms with Crippen LogP contribution in [0, 0.1) is 13.8 Å². The van der Waals surface area contributed by atoms with E-state index < -0.39 is 6.10 Å². The molecule has 0 aliphatic rings. The Morgan fingerprint density at radius 1 is 1.36 bits per heavy atom. The van der Waals surface area contributed by atoms with Crippen molar-refractivity contribution in [2.24, 2.45) is 0 Å². The Labute approximate surface area is 86.0 Å². The first-order chi connectivity index (χ1) is 6.65. The minimum Gasteiger partial charge on any atom is -0.387 e. The van der Waals surface area contributed by atoms with Gasteiger partial charge in [0.15, 0.2) is 0 Å². The maximum absolute atomic E-state index is 9.89. The van der Waals surface area contributed by atoms with Gasteiger partial charge in [-0.05, 0) is 31.5 Å². The van der Waals surface area contributed by atoms with Crippen molar-refractivity contribution in [3.8, 4) is 0 Å². The van der Waals surface area contributed by atoms with E-state index in [1.54, 1.807) is 0 Å². The molecule has 14 heavy (non-hydrogen) atoms. The van der Waals surface area contributed by atoms with Crippen molar-refractivity contribution in [1.29, 1.82) is 0 Å². The highest BCUT2D eigenvalue weighted by molar-refractivity contribution is 5.32. The summed E-state index contributed by atoms with van der Waals surface area (Å²) < 4.78 is 0. The fourth-order valence-electron chi connectivity index (χ4n) is 1.51. The lowest BCUT2D eigenvalue weighted by atomic mass is 10.0. The highest BCUT2D eigenvalue weighted by Gasteiger charge is 2.09. The number of likely N-dealkylation sites (N-methyl/N-ethyl adjacent to an activating group) is 1. The second-order valence-electron chi connectivity index (χ2n) is 3.68. The average Bonchev–Trinajstić information content (AvgIpc) is 2.18. The molecule has 0 radical (unpaired) electrons. The normalized spacial score (nSPS) is 12.9. The van der Waals surface area contributed by atoms with Crippen molar-refractivity contribution < 1.29 is 5.11 Å². The van der Waals surface area contributed by atoms with Crippen LogP contribution in [0.25, 0.3) is 0 Å². The van der Waals surface area contributed by atoms with E-state index in [-0.39, 0.29) is 0 Å². The van der Waals surface area contributed by atoms with Gasteiger partial charge in [-0.3, -0.25) is 0 Å². The number of aliphatic hydroxyl groups excluding tert-OH is 1. The lowest BCUT2D eigenvalue weighted by molar-refractivity contribution is 0.175. The lowest BCUT2D eigenvalue weighted by Gasteiger charge is -2.14. The highest BCUT2D eigenvalue weighted by Crippen LogP contribution is 2.18. The molecular weight excluding hydrogens is 174 g/mol. The van der Waals surface area contributed by atoms with Crippen LogP contribution in [-0.4, -0.2) is 18.2 Å². The van der Waals surface area contributed by atoms with Crippen LogP contribution < -0.4 is 5.32 Å². The van der Waals surface area contributed by atoms with Gasteiger partial charge < -0.3 is 10.4 Å². The van der Waals surface area contributed by atoms with E-state index in [1.165, 1.54) is 5.56 Å². The molecule has 0 fully saturated rings. The van der Waals surface area contributed by atoms with Gasteiger partial charge in [-0.25, -0.2) is 0 Å². The molecule has 0 aliphatic heterocycles. The van der Waals surface area contributed by atoms with Crippen molar-refractivity contribution in [3.05, 3.63) is 34.9 Å². The molecule has 1 rings (SSSR count). The second kappa shape index (κ2) is 5.13. The number of hydrogen-bond donors (Lipinski definition) is 2. The summed E-state index contributed by atoms with van der Waals surface area (Å²) in [5.74, 6) is 0. The molecule has 1 aromatic rings. The Bertz CT molecular complexity index is 296. The summed E-state index contributed by atoms with van der Waals surface area (Å²) in [6, 6.07) is 6.18. The summed E-state index contributed by atoms with van der Waals surface area (Å²) in [5, 5.41) is 13.0. The minimum atomic E-state index is -0.394. The smallest absolute Gasteiger partial charge is 0.0917 e. The van der Waals surface area contributed by atoms with Crippen LogP contribution in [0.2, 0.25) is 0 Å². The predicted octanol–water partition coefficient (Wildman–Crippen LogP) is 1.95. The zero-order valence-electron chi connectivity index (χ0n) is 9.17. The van der Waals surface area contributed by atoms with Crippen molar-refractivity contribution in [1.82, 2.24) is 5.32 Å². The quantitative estimate of drug-likeness (QED) is 0.766. The SMILES string of the molecule is CCNCC(O)c1cc(C)ccc1C. The molecule has 0 spiro atoms. The minimum absolute atomic E-state index is 0.394. The zero-order valence-corrected chi connectivity index (χ0v) is 9.17. The molecule has 0 heterocycles. The summed E-state index contributed by atoms with van der Waals surface area (Å²) in [5.41, 5.74) is 3.38. The van der Waals surface area contributed by atoms with Crippen molar-refractivity contribution in [2.45, 2.75) is 26.9 Å². The molecule has 1 aromatic carbocycles. The third-order valence-electron chi connectivity index (χ3n) is 2.38. The summed E-state index contributed by atoms with van der Waals surface area (Å²) in [6.45, 7) is 7.63. The molecule has 0 aliphatic carbocycles.